The van der Waals surface area contributed by atoms with Crippen LogP contribution >= 0.6 is 11.8 Å². The first-order valence-electron chi connectivity index (χ1n) is 5.89. The van der Waals surface area contributed by atoms with Crippen molar-refractivity contribution in [2.45, 2.75) is 18.9 Å². The number of nitrogens with one attached hydrogen (secondary N) is 1. The van der Waals surface area contributed by atoms with E-state index in [1.54, 1.807) is 12.1 Å². The van der Waals surface area contributed by atoms with Crippen LogP contribution in [-0.4, -0.2) is 35.2 Å². The zero-order valence-electron chi connectivity index (χ0n) is 9.69. The van der Waals surface area contributed by atoms with Gasteiger partial charge in [-0.05, 0) is 42.8 Å². The smallest absolute Gasteiger partial charge is 0.335 e. The molecule has 1 aliphatic rings. The molecule has 0 aliphatic carbocycles. The summed E-state index contributed by atoms with van der Waals surface area (Å²) in [6.07, 6.45) is 2.14. The number of hydrogen-bond acceptors (Lipinski definition) is 3. The van der Waals surface area contributed by atoms with E-state index in [9.17, 15) is 4.79 Å². The first kappa shape index (κ1) is 12.5. The van der Waals surface area contributed by atoms with Crippen molar-refractivity contribution in [2.75, 3.05) is 18.1 Å². The van der Waals surface area contributed by atoms with Crippen LogP contribution in [-0.2, 0) is 6.42 Å². The van der Waals surface area contributed by atoms with Gasteiger partial charge in [-0.2, -0.15) is 11.8 Å². The fourth-order valence-corrected chi connectivity index (χ4v) is 3.16. The lowest BCUT2D eigenvalue weighted by molar-refractivity contribution is 0.0697. The highest BCUT2D eigenvalue weighted by Gasteiger charge is 2.13. The highest BCUT2D eigenvalue weighted by molar-refractivity contribution is 7.99. The summed E-state index contributed by atoms with van der Waals surface area (Å²) in [5.41, 5.74) is 1.46. The van der Waals surface area contributed by atoms with Gasteiger partial charge in [-0.1, -0.05) is 12.1 Å². The van der Waals surface area contributed by atoms with Crippen molar-refractivity contribution in [1.82, 2.24) is 5.32 Å². The summed E-state index contributed by atoms with van der Waals surface area (Å²) in [5.74, 6) is 1.61. The number of rotatable bonds is 5. The molecule has 0 radical (unpaired) electrons. The number of carboxylic acid groups (broad SMARTS) is 1. The van der Waals surface area contributed by atoms with Gasteiger partial charge >= 0.3 is 5.97 Å². The molecule has 1 unspecified atom stereocenters. The van der Waals surface area contributed by atoms with Gasteiger partial charge < -0.3 is 10.4 Å². The van der Waals surface area contributed by atoms with Gasteiger partial charge in [-0.15, -0.1) is 0 Å². The summed E-state index contributed by atoms with van der Waals surface area (Å²) in [6, 6.07) is 7.82. The van der Waals surface area contributed by atoms with Gasteiger partial charge in [0.15, 0.2) is 0 Å². The van der Waals surface area contributed by atoms with Crippen LogP contribution < -0.4 is 5.32 Å². The fourth-order valence-electron chi connectivity index (χ4n) is 1.98. The molecule has 1 heterocycles. The molecule has 0 saturated carbocycles. The summed E-state index contributed by atoms with van der Waals surface area (Å²) in [5, 5.41) is 12.4. The highest BCUT2D eigenvalue weighted by Crippen LogP contribution is 2.16. The van der Waals surface area contributed by atoms with Crippen LogP contribution in [0.1, 0.15) is 22.3 Å². The third-order valence-corrected chi connectivity index (χ3v) is 4.11. The minimum absolute atomic E-state index is 0.374. The predicted octanol–water partition coefficient (Wildman–Crippen LogP) is 2.02. The van der Waals surface area contributed by atoms with Crippen LogP contribution in [0, 0.1) is 0 Å². The molecule has 0 bridgehead atoms. The second kappa shape index (κ2) is 6.07. The summed E-state index contributed by atoms with van der Waals surface area (Å²) < 4.78 is 0. The molecule has 0 spiro atoms. The third kappa shape index (κ3) is 3.75. The molecule has 1 saturated heterocycles. The van der Waals surface area contributed by atoms with Crippen LogP contribution in [0.3, 0.4) is 0 Å². The largest absolute Gasteiger partial charge is 0.478 e. The van der Waals surface area contributed by atoms with Crippen LogP contribution in [0.25, 0.3) is 0 Å². The molecule has 92 valence electrons. The summed E-state index contributed by atoms with van der Waals surface area (Å²) >= 11 is 1.99. The number of carboxylic acids is 1. The Morgan fingerprint density at radius 2 is 2.41 bits per heavy atom. The van der Waals surface area contributed by atoms with Gasteiger partial charge in [0.05, 0.1) is 5.56 Å². The Labute approximate surface area is 106 Å². The Morgan fingerprint density at radius 3 is 3.12 bits per heavy atom. The predicted molar refractivity (Wildman–Crippen MR) is 70.8 cm³/mol. The number of thioether (sulfide) groups is 1. The van der Waals surface area contributed by atoms with Crippen molar-refractivity contribution in [3.8, 4) is 0 Å². The molecular weight excluding hydrogens is 234 g/mol. The van der Waals surface area contributed by atoms with E-state index in [1.165, 1.54) is 17.9 Å². The Hall–Kier alpha value is -1.00. The first-order chi connectivity index (χ1) is 8.25. The summed E-state index contributed by atoms with van der Waals surface area (Å²) in [6.45, 7) is 0.925. The number of carbonyl (C=O) groups is 1. The zero-order chi connectivity index (χ0) is 12.1. The zero-order valence-corrected chi connectivity index (χ0v) is 10.5. The average Bonchev–Trinajstić information content (AvgIpc) is 2.82. The standard InChI is InChI=1S/C13H17NO2S/c15-13(16)11-3-1-2-10(8-11)4-6-14-12-5-7-17-9-12/h1-3,8,12,14H,4-7,9H2,(H,15,16). The SMILES string of the molecule is O=C(O)c1cccc(CCNC2CCSC2)c1. The first-order valence-corrected chi connectivity index (χ1v) is 7.04. The molecule has 1 aromatic carbocycles. The molecule has 17 heavy (non-hydrogen) atoms. The van der Waals surface area contributed by atoms with E-state index in [-0.39, 0.29) is 0 Å². The highest BCUT2D eigenvalue weighted by atomic mass is 32.2. The molecule has 1 atom stereocenters. The minimum Gasteiger partial charge on any atom is -0.478 e. The van der Waals surface area contributed by atoms with Gasteiger partial charge in [-0.3, -0.25) is 0 Å². The van der Waals surface area contributed by atoms with Crippen molar-refractivity contribution < 1.29 is 9.90 Å². The van der Waals surface area contributed by atoms with E-state index in [0.29, 0.717) is 11.6 Å². The Kier molecular flexibility index (Phi) is 4.45. The Balaban J connectivity index is 1.81. The van der Waals surface area contributed by atoms with Gasteiger partial charge in [0, 0.05) is 11.8 Å². The minimum atomic E-state index is -0.855. The maximum Gasteiger partial charge on any atom is 0.335 e. The molecule has 1 aliphatic heterocycles. The summed E-state index contributed by atoms with van der Waals surface area (Å²) in [7, 11) is 0. The van der Waals surface area contributed by atoms with Crippen molar-refractivity contribution >= 4 is 17.7 Å². The average molecular weight is 251 g/mol. The van der Waals surface area contributed by atoms with Gasteiger partial charge in [0.25, 0.3) is 0 Å². The topological polar surface area (TPSA) is 49.3 Å². The van der Waals surface area contributed by atoms with Crippen LogP contribution in [0.15, 0.2) is 24.3 Å². The second-order valence-electron chi connectivity index (χ2n) is 4.27. The van der Waals surface area contributed by atoms with E-state index < -0.39 is 5.97 Å². The van der Waals surface area contributed by atoms with E-state index in [1.807, 2.05) is 23.9 Å². The fraction of sp³-hybridized carbons (Fsp3) is 0.462. The molecule has 0 amide bonds. The molecule has 1 aromatic rings. The molecule has 0 aromatic heterocycles. The maximum absolute atomic E-state index is 10.8. The van der Waals surface area contributed by atoms with E-state index >= 15 is 0 Å². The lowest BCUT2D eigenvalue weighted by atomic mass is 10.1. The van der Waals surface area contributed by atoms with Gasteiger partial charge in [-0.25, -0.2) is 4.79 Å². The number of aromatic carboxylic acids is 1. The monoisotopic (exact) mass is 251 g/mol. The molecular formula is C13H17NO2S. The third-order valence-electron chi connectivity index (χ3n) is 2.95. The van der Waals surface area contributed by atoms with E-state index in [4.69, 9.17) is 5.11 Å². The van der Waals surface area contributed by atoms with Crippen LogP contribution in [0.5, 0.6) is 0 Å². The van der Waals surface area contributed by atoms with Gasteiger partial charge in [0.1, 0.15) is 0 Å². The molecule has 4 heteroatoms. The molecule has 3 nitrogen and oxygen atoms in total. The number of hydrogen-bond donors (Lipinski definition) is 2. The lowest BCUT2D eigenvalue weighted by Crippen LogP contribution is -2.30. The van der Waals surface area contributed by atoms with Crippen molar-refractivity contribution in [1.29, 1.82) is 0 Å². The van der Waals surface area contributed by atoms with Crippen LogP contribution in [0.2, 0.25) is 0 Å². The van der Waals surface area contributed by atoms with Crippen molar-refractivity contribution in [3.05, 3.63) is 35.4 Å². The van der Waals surface area contributed by atoms with Gasteiger partial charge in [0.2, 0.25) is 0 Å². The quantitative estimate of drug-likeness (QED) is 0.840. The van der Waals surface area contributed by atoms with E-state index in [2.05, 4.69) is 5.32 Å². The van der Waals surface area contributed by atoms with Crippen LogP contribution in [0.4, 0.5) is 0 Å². The Bertz CT molecular complexity index is 389. The molecule has 1 fully saturated rings. The maximum atomic E-state index is 10.8. The molecule has 2 N–H and O–H groups in total. The molecule has 2 rings (SSSR count). The lowest BCUT2D eigenvalue weighted by Gasteiger charge is -2.10. The Morgan fingerprint density at radius 1 is 1.53 bits per heavy atom. The normalized spacial score (nSPS) is 19.4. The number of benzene rings is 1. The van der Waals surface area contributed by atoms with E-state index in [0.717, 1.165) is 18.5 Å². The van der Waals surface area contributed by atoms with Crippen molar-refractivity contribution in [3.63, 3.8) is 0 Å². The summed E-state index contributed by atoms with van der Waals surface area (Å²) in [4.78, 5) is 10.8. The van der Waals surface area contributed by atoms with Crippen molar-refractivity contribution in [2.24, 2.45) is 0 Å². The second-order valence-corrected chi connectivity index (χ2v) is 5.42.